The largest absolute Gasteiger partial charge is 0.398 e. The van der Waals surface area contributed by atoms with Crippen LogP contribution in [0.15, 0.2) is 24.3 Å². The summed E-state index contributed by atoms with van der Waals surface area (Å²) < 4.78 is 22.9. The minimum atomic E-state index is -3.14. The van der Waals surface area contributed by atoms with Gasteiger partial charge >= 0.3 is 0 Å². The first-order valence-electron chi connectivity index (χ1n) is 6.11. The molecular weight excluding hydrogens is 300 g/mol. The average molecular weight is 319 g/mol. The molecule has 0 unspecified atom stereocenters. The molecule has 0 aromatic heterocycles. The number of carbonyl (C=O) groups excluding carboxylic acids is 1. The first-order chi connectivity index (χ1) is 8.74. The molecule has 1 heterocycles. The van der Waals surface area contributed by atoms with E-state index >= 15 is 0 Å². The maximum absolute atomic E-state index is 12.4. The highest BCUT2D eigenvalue weighted by atomic mass is 35.5. The van der Waals surface area contributed by atoms with Crippen molar-refractivity contribution in [2.75, 3.05) is 24.6 Å². The van der Waals surface area contributed by atoms with Crippen LogP contribution in [0.4, 0.5) is 5.69 Å². The molecular formula is C13H19ClN2O3S. The molecule has 1 aromatic rings. The zero-order chi connectivity index (χ0) is 14.3. The van der Waals surface area contributed by atoms with Crippen molar-refractivity contribution in [1.82, 2.24) is 4.90 Å². The fraction of sp³-hybridized carbons (Fsp3) is 0.462. The lowest BCUT2D eigenvalue weighted by atomic mass is 10.1. The summed E-state index contributed by atoms with van der Waals surface area (Å²) in [6, 6.07) is 6.83. The Bertz CT molecular complexity index is 614. The number of nitrogens with two attached hydrogens (primary N) is 1. The van der Waals surface area contributed by atoms with E-state index < -0.39 is 14.6 Å². The number of anilines is 1. The molecule has 0 atom stereocenters. The van der Waals surface area contributed by atoms with Gasteiger partial charge in [0.1, 0.15) is 0 Å². The Morgan fingerprint density at radius 3 is 2.45 bits per heavy atom. The van der Waals surface area contributed by atoms with Crippen molar-refractivity contribution in [2.24, 2.45) is 0 Å². The van der Waals surface area contributed by atoms with E-state index in [4.69, 9.17) is 5.73 Å². The van der Waals surface area contributed by atoms with Crippen LogP contribution in [-0.2, 0) is 9.84 Å². The molecule has 5 nitrogen and oxygen atoms in total. The fourth-order valence-electron chi connectivity index (χ4n) is 2.18. The van der Waals surface area contributed by atoms with E-state index in [0.29, 0.717) is 11.3 Å². The summed E-state index contributed by atoms with van der Waals surface area (Å²) in [4.78, 5) is 13.9. The van der Waals surface area contributed by atoms with Crippen LogP contribution in [0.5, 0.6) is 0 Å². The van der Waals surface area contributed by atoms with Crippen LogP contribution in [0.25, 0.3) is 0 Å². The maximum Gasteiger partial charge on any atom is 0.256 e. The number of carbonyl (C=O) groups is 1. The standard InChI is InChI=1S/C13H18N2O3S.ClH/c1-13(2)9-15(7-8-19(13,17)18)12(16)10-5-3-4-6-11(10)14;/h3-6H,7-9,14H2,1-2H3;1H. The molecule has 0 aliphatic carbocycles. The molecule has 0 saturated carbocycles. The lowest BCUT2D eigenvalue weighted by molar-refractivity contribution is 0.0744. The van der Waals surface area contributed by atoms with Gasteiger partial charge in [-0.15, -0.1) is 12.4 Å². The van der Waals surface area contributed by atoms with Gasteiger partial charge in [-0.3, -0.25) is 4.79 Å². The van der Waals surface area contributed by atoms with Crippen LogP contribution in [-0.4, -0.2) is 42.8 Å². The topological polar surface area (TPSA) is 80.5 Å². The zero-order valence-corrected chi connectivity index (χ0v) is 13.1. The van der Waals surface area contributed by atoms with Gasteiger partial charge in [-0.1, -0.05) is 12.1 Å². The molecule has 2 rings (SSSR count). The molecule has 1 fully saturated rings. The SMILES string of the molecule is CC1(C)CN(C(=O)c2ccccc2N)CCS1(=O)=O.Cl. The molecule has 1 saturated heterocycles. The Hall–Kier alpha value is -1.27. The highest BCUT2D eigenvalue weighted by Crippen LogP contribution is 2.25. The molecule has 1 aliphatic rings. The van der Waals surface area contributed by atoms with Gasteiger partial charge in [0.25, 0.3) is 5.91 Å². The summed E-state index contributed by atoms with van der Waals surface area (Å²) in [5.41, 5.74) is 6.63. The number of amides is 1. The lowest BCUT2D eigenvalue weighted by Crippen LogP contribution is -2.54. The Kier molecular flexibility index (Phi) is 4.71. The summed E-state index contributed by atoms with van der Waals surface area (Å²) in [7, 11) is -3.14. The zero-order valence-electron chi connectivity index (χ0n) is 11.5. The van der Waals surface area contributed by atoms with Crippen LogP contribution >= 0.6 is 12.4 Å². The summed E-state index contributed by atoms with van der Waals surface area (Å²) in [6.07, 6.45) is 0. The molecule has 1 aromatic carbocycles. The molecule has 0 bridgehead atoms. The Morgan fingerprint density at radius 1 is 1.30 bits per heavy atom. The number of rotatable bonds is 1. The van der Waals surface area contributed by atoms with Crippen LogP contribution in [0.3, 0.4) is 0 Å². The van der Waals surface area contributed by atoms with Crippen LogP contribution < -0.4 is 5.73 Å². The first kappa shape index (κ1) is 16.8. The predicted molar refractivity (Wildman–Crippen MR) is 81.9 cm³/mol. The number of nitrogen functional groups attached to an aromatic ring is 1. The van der Waals surface area contributed by atoms with Gasteiger partial charge in [-0.05, 0) is 26.0 Å². The Labute approximate surface area is 125 Å². The van der Waals surface area contributed by atoms with Crippen molar-refractivity contribution in [1.29, 1.82) is 0 Å². The van der Waals surface area contributed by atoms with Crippen molar-refractivity contribution in [3.63, 3.8) is 0 Å². The predicted octanol–water partition coefficient (Wildman–Crippen LogP) is 1.34. The van der Waals surface area contributed by atoms with Gasteiger partial charge in [0, 0.05) is 18.8 Å². The minimum Gasteiger partial charge on any atom is -0.398 e. The van der Waals surface area contributed by atoms with E-state index in [0.717, 1.165) is 0 Å². The summed E-state index contributed by atoms with van der Waals surface area (Å²) >= 11 is 0. The lowest BCUT2D eigenvalue weighted by Gasteiger charge is -2.37. The highest BCUT2D eigenvalue weighted by molar-refractivity contribution is 7.92. The summed E-state index contributed by atoms with van der Waals surface area (Å²) in [5, 5.41) is 0. The highest BCUT2D eigenvalue weighted by Gasteiger charge is 2.41. The molecule has 112 valence electrons. The van der Waals surface area contributed by atoms with Gasteiger partial charge in [0.2, 0.25) is 0 Å². The third-order valence-electron chi connectivity index (χ3n) is 3.52. The number of hydrogen-bond donors (Lipinski definition) is 1. The van der Waals surface area contributed by atoms with E-state index in [1.807, 2.05) is 0 Å². The van der Waals surface area contributed by atoms with Crippen molar-refractivity contribution in [3.05, 3.63) is 29.8 Å². The van der Waals surface area contributed by atoms with E-state index in [9.17, 15) is 13.2 Å². The number of hydrogen-bond acceptors (Lipinski definition) is 4. The molecule has 1 aliphatic heterocycles. The molecule has 7 heteroatoms. The maximum atomic E-state index is 12.4. The monoisotopic (exact) mass is 318 g/mol. The van der Waals surface area contributed by atoms with Gasteiger partial charge in [0.05, 0.1) is 16.1 Å². The second-order valence-electron chi connectivity index (χ2n) is 5.39. The van der Waals surface area contributed by atoms with Crippen molar-refractivity contribution >= 4 is 33.8 Å². The van der Waals surface area contributed by atoms with E-state index in [2.05, 4.69) is 0 Å². The normalized spacial score (nSPS) is 20.0. The number of halogens is 1. The van der Waals surface area contributed by atoms with Crippen molar-refractivity contribution in [2.45, 2.75) is 18.6 Å². The molecule has 0 radical (unpaired) electrons. The van der Waals surface area contributed by atoms with Gasteiger partial charge in [-0.2, -0.15) is 0 Å². The fourth-order valence-corrected chi connectivity index (χ4v) is 3.55. The first-order valence-corrected chi connectivity index (χ1v) is 7.76. The smallest absolute Gasteiger partial charge is 0.256 e. The van der Waals surface area contributed by atoms with E-state index in [1.54, 1.807) is 43.0 Å². The van der Waals surface area contributed by atoms with Crippen molar-refractivity contribution < 1.29 is 13.2 Å². The van der Waals surface area contributed by atoms with Crippen LogP contribution in [0.1, 0.15) is 24.2 Å². The summed E-state index contributed by atoms with van der Waals surface area (Å²) in [6.45, 7) is 3.72. The Morgan fingerprint density at radius 2 is 1.90 bits per heavy atom. The van der Waals surface area contributed by atoms with Crippen molar-refractivity contribution in [3.8, 4) is 0 Å². The third kappa shape index (κ3) is 2.91. The number of sulfone groups is 1. The summed E-state index contributed by atoms with van der Waals surface area (Å²) in [5.74, 6) is -0.209. The molecule has 2 N–H and O–H groups in total. The van der Waals surface area contributed by atoms with Gasteiger partial charge < -0.3 is 10.6 Å². The number of nitrogens with zero attached hydrogens (tertiary/aromatic N) is 1. The Balaban J connectivity index is 0.00000200. The number of para-hydroxylation sites is 1. The van der Waals surface area contributed by atoms with E-state index in [-0.39, 0.29) is 37.2 Å². The molecule has 20 heavy (non-hydrogen) atoms. The minimum absolute atomic E-state index is 0. The van der Waals surface area contributed by atoms with Crippen LogP contribution in [0, 0.1) is 0 Å². The third-order valence-corrected chi connectivity index (χ3v) is 6.05. The second-order valence-corrected chi connectivity index (χ2v) is 8.14. The second kappa shape index (κ2) is 5.61. The number of benzene rings is 1. The van der Waals surface area contributed by atoms with E-state index in [1.165, 1.54) is 0 Å². The molecule has 1 amide bonds. The van der Waals surface area contributed by atoms with Gasteiger partial charge in [0.15, 0.2) is 9.84 Å². The average Bonchev–Trinajstić information content (AvgIpc) is 2.32. The van der Waals surface area contributed by atoms with Gasteiger partial charge in [-0.25, -0.2) is 8.42 Å². The molecule has 0 spiro atoms. The quantitative estimate of drug-likeness (QED) is 0.792. The van der Waals surface area contributed by atoms with Crippen LogP contribution in [0.2, 0.25) is 0 Å².